The summed E-state index contributed by atoms with van der Waals surface area (Å²) < 4.78 is 35.9. The Labute approximate surface area is 372 Å². The molecule has 3 aromatic carbocycles. The molecule has 2 aromatic heterocycles. The second kappa shape index (κ2) is 17.9. The number of aliphatic hydroxyl groups is 1. The van der Waals surface area contributed by atoms with E-state index in [4.69, 9.17) is 16.3 Å². The molecule has 4 N–H and O–H groups in total. The first-order valence-electron chi connectivity index (χ1n) is 21.5. The predicted octanol–water partition coefficient (Wildman–Crippen LogP) is 9.17. The van der Waals surface area contributed by atoms with Crippen molar-refractivity contribution in [1.82, 2.24) is 19.6 Å². The van der Waals surface area contributed by atoms with Gasteiger partial charge in [-0.3, -0.25) is 19.8 Å². The average molecular weight is 897 g/mol. The van der Waals surface area contributed by atoms with E-state index in [1.807, 2.05) is 25.1 Å². The van der Waals surface area contributed by atoms with Crippen molar-refractivity contribution in [2.24, 2.45) is 11.3 Å². The largest absolute Gasteiger partial charge is 0.455 e. The third kappa shape index (κ3) is 10.5. The first-order chi connectivity index (χ1) is 30.0. The molecule has 2 aliphatic carbocycles. The SMILES string of the molecule is CC1(C)CCC(CN2CCN(c3ccc(C(=O)NS(=O)(=O)c4ccc(NC[C@H]5CC[C@@](C)(O)CC5)c([N+](=O)[O-])c4)c(Oc4cnc5[nH]ccc5c4)c3)CC2)=C(c2ccc(Cl)cc2)C1. The summed E-state index contributed by atoms with van der Waals surface area (Å²) in [6, 6.07) is 20.4. The number of hydrogen-bond acceptors (Lipinski definition) is 11. The van der Waals surface area contributed by atoms with Crippen LogP contribution in [0.5, 0.6) is 11.5 Å². The molecule has 1 saturated carbocycles. The van der Waals surface area contributed by atoms with Crippen LogP contribution in [0.15, 0.2) is 95.7 Å². The Morgan fingerprint density at radius 3 is 2.48 bits per heavy atom. The summed E-state index contributed by atoms with van der Waals surface area (Å²) in [6.07, 6.45) is 9.25. The predicted molar refractivity (Wildman–Crippen MR) is 246 cm³/mol. The van der Waals surface area contributed by atoms with Gasteiger partial charge in [0.25, 0.3) is 21.6 Å². The Morgan fingerprint density at radius 1 is 1.00 bits per heavy atom. The number of piperazine rings is 1. The Hall–Kier alpha value is -5.48. The number of sulfonamides is 1. The number of fused-ring (bicyclic) bond motifs is 1. The number of allylic oxidation sites excluding steroid dienone is 1. The molecule has 63 heavy (non-hydrogen) atoms. The van der Waals surface area contributed by atoms with Gasteiger partial charge in [-0.2, -0.15) is 0 Å². The molecule has 14 nitrogen and oxygen atoms in total. The smallest absolute Gasteiger partial charge is 0.293 e. The van der Waals surface area contributed by atoms with Crippen molar-refractivity contribution in [1.29, 1.82) is 0 Å². The zero-order valence-corrected chi connectivity index (χ0v) is 37.4. The molecule has 0 unspecified atom stereocenters. The van der Waals surface area contributed by atoms with Crippen molar-refractivity contribution in [3.63, 3.8) is 0 Å². The average Bonchev–Trinajstić information content (AvgIpc) is 3.72. The number of H-pyrrole nitrogens is 1. The zero-order chi connectivity index (χ0) is 44.5. The van der Waals surface area contributed by atoms with Crippen molar-refractivity contribution in [3.8, 4) is 11.5 Å². The third-order valence-electron chi connectivity index (χ3n) is 12.8. The lowest BCUT2D eigenvalue weighted by atomic mass is 9.72. The van der Waals surface area contributed by atoms with Crippen LogP contribution in [0.25, 0.3) is 16.6 Å². The number of halogens is 1. The number of anilines is 2. The quantitative estimate of drug-likeness (QED) is 0.0653. The van der Waals surface area contributed by atoms with Crippen LogP contribution in [0.1, 0.15) is 81.6 Å². The van der Waals surface area contributed by atoms with Crippen LogP contribution in [-0.4, -0.2) is 84.1 Å². The number of benzene rings is 3. The van der Waals surface area contributed by atoms with Crippen molar-refractivity contribution in [2.45, 2.75) is 76.2 Å². The summed E-state index contributed by atoms with van der Waals surface area (Å²) in [5.74, 6) is -0.293. The van der Waals surface area contributed by atoms with Crippen molar-refractivity contribution in [3.05, 3.63) is 117 Å². The van der Waals surface area contributed by atoms with E-state index in [0.29, 0.717) is 30.8 Å². The van der Waals surface area contributed by atoms with E-state index in [1.54, 1.807) is 24.4 Å². The number of aromatic nitrogens is 2. The monoisotopic (exact) mass is 895 g/mol. The first kappa shape index (κ1) is 44.1. The van der Waals surface area contributed by atoms with Crippen LogP contribution in [0.3, 0.4) is 0 Å². The molecule has 1 amide bonds. The van der Waals surface area contributed by atoms with E-state index in [0.717, 1.165) is 87.0 Å². The minimum Gasteiger partial charge on any atom is -0.455 e. The molecule has 1 saturated heterocycles. The molecule has 3 aliphatic rings. The van der Waals surface area contributed by atoms with E-state index in [1.165, 1.54) is 41.1 Å². The van der Waals surface area contributed by atoms with Crippen molar-refractivity contribution >= 4 is 61.2 Å². The number of amides is 1. The number of nitro benzene ring substituents is 1. The van der Waals surface area contributed by atoms with Crippen LogP contribution >= 0.6 is 11.6 Å². The van der Waals surface area contributed by atoms with Crippen LogP contribution in [0.2, 0.25) is 5.02 Å². The van der Waals surface area contributed by atoms with E-state index < -0.39 is 37.0 Å². The first-order valence-corrected chi connectivity index (χ1v) is 23.4. The molecule has 16 heteroatoms. The Morgan fingerprint density at radius 2 is 1.75 bits per heavy atom. The van der Waals surface area contributed by atoms with Gasteiger partial charge in [0, 0.05) is 73.7 Å². The summed E-state index contributed by atoms with van der Waals surface area (Å²) in [6.45, 7) is 10.9. The lowest BCUT2D eigenvalue weighted by Gasteiger charge is -2.39. The fourth-order valence-electron chi connectivity index (χ4n) is 8.95. The highest BCUT2D eigenvalue weighted by Crippen LogP contribution is 2.44. The lowest BCUT2D eigenvalue weighted by Crippen LogP contribution is -2.47. The molecule has 1 aliphatic heterocycles. The molecule has 5 aromatic rings. The van der Waals surface area contributed by atoms with Gasteiger partial charge in [0.1, 0.15) is 22.8 Å². The van der Waals surface area contributed by atoms with Gasteiger partial charge in [-0.25, -0.2) is 18.1 Å². The molecule has 2 fully saturated rings. The molecule has 8 rings (SSSR count). The highest BCUT2D eigenvalue weighted by atomic mass is 35.5. The number of carbonyl (C=O) groups excluding carboxylic acids is 1. The van der Waals surface area contributed by atoms with E-state index in [-0.39, 0.29) is 28.3 Å². The lowest BCUT2D eigenvalue weighted by molar-refractivity contribution is -0.384. The van der Waals surface area contributed by atoms with Gasteiger partial charge < -0.3 is 25.0 Å². The van der Waals surface area contributed by atoms with Crippen molar-refractivity contribution in [2.75, 3.05) is 49.5 Å². The van der Waals surface area contributed by atoms with Gasteiger partial charge in [0.2, 0.25) is 0 Å². The number of rotatable bonds is 13. The number of pyridine rings is 1. The van der Waals surface area contributed by atoms with Gasteiger partial charge in [-0.1, -0.05) is 43.2 Å². The van der Waals surface area contributed by atoms with Gasteiger partial charge in [0.15, 0.2) is 0 Å². The van der Waals surface area contributed by atoms with E-state index in [9.17, 15) is 28.4 Å². The van der Waals surface area contributed by atoms with Crippen LogP contribution < -0.4 is 19.7 Å². The Balaban J connectivity index is 0.993. The maximum atomic E-state index is 13.9. The highest BCUT2D eigenvalue weighted by Gasteiger charge is 2.32. The number of ether oxygens (including phenoxy) is 1. The number of nitrogens with zero attached hydrogens (tertiary/aromatic N) is 4. The second-order valence-corrected chi connectivity index (χ2v) is 20.4. The van der Waals surface area contributed by atoms with Crippen LogP contribution in [0.4, 0.5) is 17.1 Å². The standard InChI is InChI=1S/C47H54ClN7O7S/c1-46(2)16-14-34(40(27-46)32-4-6-35(48)7-5-32)30-53-20-22-54(23-21-53)36-8-10-39(43(25-36)62-37-24-33-15-19-49-44(33)51-29-37)45(56)52-63(60,61)38-9-11-41(42(26-38)55(58)59)50-28-31-12-17-47(3,57)18-13-31/h4-11,15,19,24-26,29,31,50,57H,12-14,16-18,20-23,27-28,30H2,1-3H3,(H,49,51)(H,52,56)/t31-,47+. The number of aromatic amines is 1. The summed E-state index contributed by atoms with van der Waals surface area (Å²) in [5, 5.41) is 27.1. The molecule has 3 heterocycles. The van der Waals surface area contributed by atoms with Gasteiger partial charge >= 0.3 is 0 Å². The van der Waals surface area contributed by atoms with Crippen LogP contribution in [0, 0.1) is 21.4 Å². The summed E-state index contributed by atoms with van der Waals surface area (Å²) in [7, 11) is -4.58. The molecule has 0 spiro atoms. The molecule has 332 valence electrons. The highest BCUT2D eigenvalue weighted by molar-refractivity contribution is 7.90. The van der Waals surface area contributed by atoms with Crippen molar-refractivity contribution < 1.29 is 28.0 Å². The fourth-order valence-corrected chi connectivity index (χ4v) is 10.1. The summed E-state index contributed by atoms with van der Waals surface area (Å²) in [4.78, 5) is 37.2. The summed E-state index contributed by atoms with van der Waals surface area (Å²) >= 11 is 6.24. The molecule has 0 bridgehead atoms. The number of nitrogens with one attached hydrogen (secondary N) is 3. The Bertz CT molecular complexity index is 2650. The van der Waals surface area contributed by atoms with E-state index in [2.05, 4.69) is 55.8 Å². The van der Waals surface area contributed by atoms with E-state index >= 15 is 0 Å². The fraction of sp³-hybridized carbons (Fsp3) is 0.404. The topological polar surface area (TPSA) is 183 Å². The molecular weight excluding hydrogens is 842 g/mol. The molecule has 0 radical (unpaired) electrons. The molecular formula is C47H54ClN7O7S. The normalized spacial score (nSPS) is 20.7. The second-order valence-electron chi connectivity index (χ2n) is 18.3. The van der Waals surface area contributed by atoms with Crippen LogP contribution in [-0.2, 0) is 10.0 Å². The minimum atomic E-state index is -4.58. The third-order valence-corrected chi connectivity index (χ3v) is 14.4. The van der Waals surface area contributed by atoms with Gasteiger partial charge in [-0.05, 0) is 123 Å². The maximum absolute atomic E-state index is 13.9. The van der Waals surface area contributed by atoms with Gasteiger partial charge in [0.05, 0.1) is 27.2 Å². The summed E-state index contributed by atoms with van der Waals surface area (Å²) in [5.41, 5.74) is 4.76. The number of hydrogen-bond donors (Lipinski definition) is 4. The maximum Gasteiger partial charge on any atom is 0.293 e. The molecule has 0 atom stereocenters. The Kier molecular flexibility index (Phi) is 12.6. The van der Waals surface area contributed by atoms with Gasteiger partial charge in [-0.15, -0.1) is 0 Å². The number of carbonyl (C=O) groups is 1. The number of nitro groups is 1. The minimum absolute atomic E-state index is 0.0451. The zero-order valence-electron chi connectivity index (χ0n) is 35.8.